The van der Waals surface area contributed by atoms with E-state index < -0.39 is 11.9 Å². The van der Waals surface area contributed by atoms with Crippen LogP contribution in [0.4, 0.5) is 15.9 Å². The molecule has 3 rings (SSSR count). The number of rotatable bonds is 5. The Morgan fingerprint density at radius 3 is 2.81 bits per heavy atom. The van der Waals surface area contributed by atoms with Crippen molar-refractivity contribution < 1.29 is 9.50 Å². The highest BCUT2D eigenvalue weighted by molar-refractivity contribution is 6.30. The Balaban J connectivity index is 2.02. The van der Waals surface area contributed by atoms with Crippen molar-refractivity contribution in [1.29, 1.82) is 5.26 Å². The number of fused-ring (bicyclic) bond motifs is 1. The number of benzene rings is 1. The minimum atomic E-state index is -0.712. The fourth-order valence-corrected chi connectivity index (χ4v) is 2.97. The second-order valence-electron chi connectivity index (χ2n) is 6.23. The van der Waals surface area contributed by atoms with E-state index in [1.54, 1.807) is 42.8 Å². The topological polar surface area (TPSA) is 95.9 Å². The van der Waals surface area contributed by atoms with Gasteiger partial charge in [0.1, 0.15) is 11.2 Å². The van der Waals surface area contributed by atoms with E-state index in [0.717, 1.165) is 6.07 Å². The molecule has 2 heterocycles. The molecule has 0 spiro atoms. The Bertz CT molecular complexity index is 1110. The number of nitriles is 1. The van der Waals surface area contributed by atoms with E-state index in [-0.39, 0.29) is 22.2 Å². The van der Waals surface area contributed by atoms with Crippen LogP contribution in [0.5, 0.6) is 0 Å². The van der Waals surface area contributed by atoms with Crippen molar-refractivity contribution in [3.8, 4) is 6.07 Å². The molecule has 140 valence electrons. The van der Waals surface area contributed by atoms with Gasteiger partial charge in [-0.15, -0.1) is 0 Å². The van der Waals surface area contributed by atoms with E-state index in [4.69, 9.17) is 16.9 Å². The summed E-state index contributed by atoms with van der Waals surface area (Å²) < 4.78 is 17.2. The summed E-state index contributed by atoms with van der Waals surface area (Å²) in [6, 6.07) is 7.90. The fraction of sp³-hybridized carbons (Fsp3) is 0.278. The molecule has 1 unspecified atom stereocenters. The largest absolute Gasteiger partial charge is 0.393 e. The van der Waals surface area contributed by atoms with Crippen LogP contribution in [-0.4, -0.2) is 25.3 Å². The predicted molar refractivity (Wildman–Crippen MR) is 101 cm³/mol. The number of imidazole rings is 1. The summed E-state index contributed by atoms with van der Waals surface area (Å²) in [5.74, 6) is -0.831. The third-order valence-corrected chi connectivity index (χ3v) is 4.52. The summed E-state index contributed by atoms with van der Waals surface area (Å²) in [6.07, 6.45) is -0.106. The van der Waals surface area contributed by atoms with E-state index >= 15 is 0 Å². The van der Waals surface area contributed by atoms with Gasteiger partial charge in [-0.05, 0) is 37.6 Å². The third kappa shape index (κ3) is 3.65. The molecule has 0 saturated heterocycles. The maximum atomic E-state index is 14.2. The highest BCUT2D eigenvalue weighted by Crippen LogP contribution is 2.25. The third-order valence-electron chi connectivity index (χ3n) is 4.23. The second-order valence-corrected chi connectivity index (χ2v) is 6.59. The number of anilines is 2. The summed E-state index contributed by atoms with van der Waals surface area (Å²) in [6.45, 7) is 2.01. The molecule has 1 atom stereocenters. The Morgan fingerprint density at radius 1 is 1.41 bits per heavy atom. The van der Waals surface area contributed by atoms with Gasteiger partial charge in [0.05, 0.1) is 22.7 Å². The number of hydrogen-bond donors (Lipinski definition) is 2. The Kier molecular flexibility index (Phi) is 5.17. The number of aliphatic hydroxyl groups excluding tert-OH is 1. The summed E-state index contributed by atoms with van der Waals surface area (Å²) >= 11 is 5.87. The second kappa shape index (κ2) is 7.39. The van der Waals surface area contributed by atoms with Gasteiger partial charge in [0.15, 0.2) is 11.6 Å². The van der Waals surface area contributed by atoms with E-state index in [1.807, 2.05) is 0 Å². The Morgan fingerprint density at radius 2 is 2.15 bits per heavy atom. The first-order valence-corrected chi connectivity index (χ1v) is 8.60. The maximum absolute atomic E-state index is 14.2. The lowest BCUT2D eigenvalue weighted by Gasteiger charge is -2.09. The van der Waals surface area contributed by atoms with Crippen molar-refractivity contribution in [2.24, 2.45) is 7.05 Å². The van der Waals surface area contributed by atoms with Crippen LogP contribution in [0.25, 0.3) is 11.0 Å². The van der Waals surface area contributed by atoms with Crippen molar-refractivity contribution >= 4 is 34.1 Å². The Labute approximate surface area is 159 Å². The summed E-state index contributed by atoms with van der Waals surface area (Å²) in [4.78, 5) is 16.3. The summed E-state index contributed by atoms with van der Waals surface area (Å²) in [7, 11) is 1.66. The monoisotopic (exact) mass is 389 g/mol. The number of aryl methyl sites for hydroxylation is 2. The van der Waals surface area contributed by atoms with Crippen LogP contribution in [0.3, 0.4) is 0 Å². The van der Waals surface area contributed by atoms with E-state index in [0.29, 0.717) is 29.7 Å². The van der Waals surface area contributed by atoms with Crippen LogP contribution < -0.4 is 11.0 Å². The van der Waals surface area contributed by atoms with Gasteiger partial charge in [-0.2, -0.15) is 5.26 Å². The first-order valence-electron chi connectivity index (χ1n) is 8.22. The molecule has 7 nitrogen and oxygen atoms in total. The number of aromatic nitrogens is 3. The lowest BCUT2D eigenvalue weighted by molar-refractivity contribution is 0.178. The molecule has 0 aliphatic heterocycles. The smallest absolute Gasteiger partial charge is 0.328 e. The SMILES string of the molecule is CC(O)CCn1c(=O)n(C)c2ccc(Nc3nc(Cl)c(C#N)cc3F)cc21. The molecular formula is C18H17ClFN5O2. The maximum Gasteiger partial charge on any atom is 0.328 e. The number of nitrogens with one attached hydrogen (secondary N) is 1. The van der Waals surface area contributed by atoms with Crippen LogP contribution in [0.1, 0.15) is 18.9 Å². The van der Waals surface area contributed by atoms with Crippen molar-refractivity contribution in [3.05, 3.63) is 51.3 Å². The van der Waals surface area contributed by atoms with Gasteiger partial charge < -0.3 is 10.4 Å². The van der Waals surface area contributed by atoms with Gasteiger partial charge in [-0.25, -0.2) is 14.2 Å². The fourth-order valence-electron chi connectivity index (χ4n) is 2.79. The number of hydrogen-bond acceptors (Lipinski definition) is 5. The molecule has 0 saturated carbocycles. The first kappa shape index (κ1) is 18.9. The number of halogens is 2. The van der Waals surface area contributed by atoms with Gasteiger partial charge >= 0.3 is 5.69 Å². The van der Waals surface area contributed by atoms with Crippen LogP contribution in [0.15, 0.2) is 29.1 Å². The van der Waals surface area contributed by atoms with Crippen molar-refractivity contribution in [1.82, 2.24) is 14.1 Å². The van der Waals surface area contributed by atoms with Crippen molar-refractivity contribution in [3.63, 3.8) is 0 Å². The number of nitrogens with zero attached hydrogens (tertiary/aromatic N) is 4. The average Bonchev–Trinajstić information content (AvgIpc) is 2.86. The lowest BCUT2D eigenvalue weighted by Crippen LogP contribution is -2.23. The molecule has 3 aromatic rings. The molecule has 27 heavy (non-hydrogen) atoms. The molecule has 0 aliphatic rings. The highest BCUT2D eigenvalue weighted by Gasteiger charge is 2.14. The summed E-state index contributed by atoms with van der Waals surface area (Å²) in [5.41, 5.74) is 1.61. The van der Waals surface area contributed by atoms with Gasteiger partial charge in [0.25, 0.3) is 0 Å². The molecule has 0 aliphatic carbocycles. The Hall–Kier alpha value is -2.89. The molecular weight excluding hydrogens is 373 g/mol. The molecule has 9 heteroatoms. The van der Waals surface area contributed by atoms with Gasteiger partial charge in [-0.3, -0.25) is 9.13 Å². The minimum Gasteiger partial charge on any atom is -0.393 e. The quantitative estimate of drug-likeness (QED) is 0.654. The molecule has 2 aromatic heterocycles. The van der Waals surface area contributed by atoms with Gasteiger partial charge in [-0.1, -0.05) is 11.6 Å². The molecule has 2 N–H and O–H groups in total. The average molecular weight is 390 g/mol. The van der Waals surface area contributed by atoms with Crippen LogP contribution in [0, 0.1) is 17.1 Å². The molecule has 0 amide bonds. The van der Waals surface area contributed by atoms with Gasteiger partial charge in [0, 0.05) is 19.3 Å². The molecule has 0 bridgehead atoms. The van der Waals surface area contributed by atoms with Crippen LogP contribution in [0.2, 0.25) is 5.15 Å². The zero-order chi connectivity index (χ0) is 19.7. The van der Waals surface area contributed by atoms with E-state index in [1.165, 1.54) is 4.57 Å². The summed E-state index contributed by atoms with van der Waals surface area (Å²) in [5, 5.41) is 21.1. The zero-order valence-corrected chi connectivity index (χ0v) is 15.5. The molecule has 0 fully saturated rings. The van der Waals surface area contributed by atoms with Crippen LogP contribution in [-0.2, 0) is 13.6 Å². The number of aliphatic hydroxyl groups is 1. The van der Waals surface area contributed by atoms with Crippen molar-refractivity contribution in [2.45, 2.75) is 26.0 Å². The standard InChI is InChI=1S/C18H17ClFN5O2/c1-10(26)5-6-25-15-8-12(3-4-14(15)24(2)18(25)27)22-17-13(20)7-11(9-21)16(19)23-17/h3-4,7-8,10,26H,5-6H2,1-2H3,(H,22,23). The van der Waals surface area contributed by atoms with E-state index in [2.05, 4.69) is 10.3 Å². The molecule has 1 aromatic carbocycles. The normalized spacial score (nSPS) is 12.1. The first-order chi connectivity index (χ1) is 12.8. The minimum absolute atomic E-state index is 0.0508. The van der Waals surface area contributed by atoms with Gasteiger partial charge in [0.2, 0.25) is 0 Å². The van der Waals surface area contributed by atoms with Crippen molar-refractivity contribution in [2.75, 3.05) is 5.32 Å². The lowest BCUT2D eigenvalue weighted by atomic mass is 10.2. The highest BCUT2D eigenvalue weighted by atomic mass is 35.5. The molecule has 0 radical (unpaired) electrons. The van der Waals surface area contributed by atoms with Crippen LogP contribution >= 0.6 is 11.6 Å². The zero-order valence-electron chi connectivity index (χ0n) is 14.7. The van der Waals surface area contributed by atoms with E-state index in [9.17, 15) is 14.3 Å². The predicted octanol–water partition coefficient (Wildman–Crippen LogP) is 2.91. The number of pyridine rings is 1.